The van der Waals surface area contributed by atoms with E-state index in [2.05, 4.69) is 11.9 Å². The molecule has 1 aromatic carbocycles. The van der Waals surface area contributed by atoms with Crippen LogP contribution in [0.4, 0.5) is 0 Å². The van der Waals surface area contributed by atoms with Crippen molar-refractivity contribution < 1.29 is 23.7 Å². The molecule has 0 aliphatic carbocycles. The summed E-state index contributed by atoms with van der Waals surface area (Å²) in [6.07, 6.45) is 0.953. The van der Waals surface area contributed by atoms with Gasteiger partial charge in [-0.05, 0) is 25.5 Å². The van der Waals surface area contributed by atoms with Gasteiger partial charge in [-0.3, -0.25) is 4.98 Å². The number of nitrogens with zero attached hydrogens (tertiary/aromatic N) is 1. The third kappa shape index (κ3) is 3.83. The quantitative estimate of drug-likeness (QED) is 0.755. The Balaban J connectivity index is 1.84. The lowest BCUT2D eigenvalue weighted by molar-refractivity contribution is -0.286. The number of hydrogen-bond acceptors (Lipinski definition) is 6. The van der Waals surface area contributed by atoms with E-state index < -0.39 is 12.4 Å². The fourth-order valence-electron chi connectivity index (χ4n) is 3.36. The molecule has 2 aromatic rings. The summed E-state index contributed by atoms with van der Waals surface area (Å²) >= 11 is 0. The molecule has 0 saturated carbocycles. The molecule has 1 aliphatic rings. The van der Waals surface area contributed by atoms with Gasteiger partial charge < -0.3 is 23.7 Å². The van der Waals surface area contributed by atoms with Crippen molar-refractivity contribution in [2.75, 3.05) is 20.8 Å². The van der Waals surface area contributed by atoms with Gasteiger partial charge in [0.05, 0.1) is 6.10 Å². The molecule has 3 rings (SSSR count). The highest BCUT2D eigenvalue weighted by molar-refractivity contribution is 5.84. The Labute approximate surface area is 154 Å². The van der Waals surface area contributed by atoms with Gasteiger partial charge in [0.15, 0.2) is 0 Å². The number of fused-ring (bicyclic) bond motifs is 1. The van der Waals surface area contributed by atoms with Crippen molar-refractivity contribution in [1.29, 1.82) is 0 Å². The van der Waals surface area contributed by atoms with Crippen LogP contribution in [0.3, 0.4) is 0 Å². The second-order valence-electron chi connectivity index (χ2n) is 6.39. The fraction of sp³-hybridized carbons (Fsp3) is 0.550. The lowest BCUT2D eigenvalue weighted by Gasteiger charge is -2.44. The van der Waals surface area contributed by atoms with Gasteiger partial charge >= 0.3 is 0 Å². The van der Waals surface area contributed by atoms with Crippen LogP contribution < -0.4 is 4.74 Å². The average molecular weight is 361 g/mol. The molecule has 142 valence electrons. The van der Waals surface area contributed by atoms with Crippen LogP contribution in [-0.4, -0.2) is 56.5 Å². The number of aromatic nitrogens is 1. The van der Waals surface area contributed by atoms with Gasteiger partial charge in [0, 0.05) is 32.4 Å². The molecule has 26 heavy (non-hydrogen) atoms. The molecule has 0 N–H and O–H groups in total. The second-order valence-corrected chi connectivity index (χ2v) is 6.39. The average Bonchev–Trinajstić information content (AvgIpc) is 2.67. The minimum absolute atomic E-state index is 0.189. The van der Waals surface area contributed by atoms with Crippen molar-refractivity contribution in [2.24, 2.45) is 0 Å². The summed E-state index contributed by atoms with van der Waals surface area (Å²) in [5, 5.41) is 1.01. The monoisotopic (exact) mass is 361 g/mol. The number of para-hydroxylation sites is 1. The number of hydrogen-bond donors (Lipinski definition) is 0. The highest BCUT2D eigenvalue weighted by Crippen LogP contribution is 2.31. The third-order valence-corrected chi connectivity index (χ3v) is 4.62. The number of benzene rings is 1. The summed E-state index contributed by atoms with van der Waals surface area (Å²) in [5.41, 5.74) is 0.791. The molecule has 0 amide bonds. The minimum atomic E-state index is -0.617. The van der Waals surface area contributed by atoms with Crippen molar-refractivity contribution >= 4 is 10.9 Å². The Kier molecular flexibility index (Phi) is 6.43. The van der Waals surface area contributed by atoms with Crippen LogP contribution in [0.1, 0.15) is 20.3 Å². The minimum Gasteiger partial charge on any atom is -0.460 e. The first-order valence-electron chi connectivity index (χ1n) is 9.02. The van der Waals surface area contributed by atoms with Crippen LogP contribution in [0.25, 0.3) is 10.9 Å². The van der Waals surface area contributed by atoms with Gasteiger partial charge in [0.25, 0.3) is 0 Å². The maximum Gasteiger partial charge on any atom is 0.229 e. The van der Waals surface area contributed by atoms with Gasteiger partial charge in [-0.15, -0.1) is 0 Å². The van der Waals surface area contributed by atoms with Crippen molar-refractivity contribution in [3.8, 4) is 5.75 Å². The molecule has 0 spiro atoms. The second kappa shape index (κ2) is 8.77. The van der Waals surface area contributed by atoms with Gasteiger partial charge in [0.2, 0.25) is 6.29 Å². The Hall–Kier alpha value is -1.73. The van der Waals surface area contributed by atoms with Crippen molar-refractivity contribution in [2.45, 2.75) is 51.0 Å². The molecule has 2 heterocycles. The molecule has 0 unspecified atom stereocenters. The number of methoxy groups -OCH3 is 2. The van der Waals surface area contributed by atoms with Gasteiger partial charge in [-0.25, -0.2) is 0 Å². The largest absolute Gasteiger partial charge is 0.460 e. The summed E-state index contributed by atoms with van der Waals surface area (Å²) in [6, 6.07) is 9.73. The Morgan fingerprint density at radius 3 is 2.54 bits per heavy atom. The first-order chi connectivity index (χ1) is 12.7. The molecule has 1 aliphatic heterocycles. The van der Waals surface area contributed by atoms with E-state index in [4.69, 9.17) is 23.7 Å². The molecule has 0 radical (unpaired) electrons. The van der Waals surface area contributed by atoms with E-state index in [1.54, 1.807) is 20.4 Å². The zero-order valence-electron chi connectivity index (χ0n) is 15.8. The molecule has 1 aromatic heterocycles. The van der Waals surface area contributed by atoms with E-state index in [0.29, 0.717) is 12.4 Å². The molecule has 1 saturated heterocycles. The highest BCUT2D eigenvalue weighted by atomic mass is 16.7. The molecule has 5 atom stereocenters. The molecular weight excluding hydrogens is 334 g/mol. The predicted octanol–water partition coefficient (Wildman–Crippen LogP) is 3.18. The molecule has 6 nitrogen and oxygen atoms in total. The molecular formula is C20H27NO5. The Morgan fingerprint density at radius 1 is 1.04 bits per heavy atom. The van der Waals surface area contributed by atoms with Gasteiger partial charge in [-0.2, -0.15) is 0 Å². The van der Waals surface area contributed by atoms with Crippen LogP contribution in [0.15, 0.2) is 36.5 Å². The Morgan fingerprint density at radius 2 is 1.81 bits per heavy atom. The molecule has 0 bridgehead atoms. The van der Waals surface area contributed by atoms with E-state index in [-0.39, 0.29) is 18.3 Å². The summed E-state index contributed by atoms with van der Waals surface area (Å²) in [4.78, 5) is 4.43. The van der Waals surface area contributed by atoms with Crippen LogP contribution >= 0.6 is 0 Å². The van der Waals surface area contributed by atoms with Gasteiger partial charge in [-0.1, -0.05) is 25.1 Å². The van der Waals surface area contributed by atoms with Crippen LogP contribution in [0.2, 0.25) is 0 Å². The molecule has 6 heteroatoms. The first kappa shape index (κ1) is 19.0. The van der Waals surface area contributed by atoms with E-state index >= 15 is 0 Å². The van der Waals surface area contributed by atoms with Crippen LogP contribution in [0, 0.1) is 0 Å². The SMILES string of the molecule is CCCO[C@@H]1[C@H](OC)[C@H](OC)[C@H](Oc2cccc3cccnc23)O[C@H]1C. The van der Waals surface area contributed by atoms with E-state index in [9.17, 15) is 0 Å². The predicted molar refractivity (Wildman–Crippen MR) is 98.3 cm³/mol. The maximum atomic E-state index is 6.18. The number of rotatable bonds is 7. The van der Waals surface area contributed by atoms with E-state index in [1.165, 1.54) is 0 Å². The number of ether oxygens (including phenoxy) is 5. The van der Waals surface area contributed by atoms with Gasteiger partial charge in [0.1, 0.15) is 29.6 Å². The normalized spacial score (nSPS) is 29.0. The van der Waals surface area contributed by atoms with Crippen molar-refractivity contribution in [3.63, 3.8) is 0 Å². The topological polar surface area (TPSA) is 59.0 Å². The van der Waals surface area contributed by atoms with Crippen LogP contribution in [-0.2, 0) is 18.9 Å². The van der Waals surface area contributed by atoms with E-state index in [0.717, 1.165) is 17.3 Å². The fourth-order valence-corrected chi connectivity index (χ4v) is 3.36. The molecule has 1 fully saturated rings. The summed E-state index contributed by atoms with van der Waals surface area (Å²) in [6.45, 7) is 4.69. The third-order valence-electron chi connectivity index (χ3n) is 4.62. The first-order valence-corrected chi connectivity index (χ1v) is 9.02. The standard InChI is InChI=1S/C20H27NO5/c1-5-12-24-17-13(2)25-20(19(23-4)18(17)22-3)26-15-10-6-8-14-9-7-11-21-16(14)15/h6-11,13,17-20H,5,12H2,1-4H3/t13-,17-,18-,19-,20-/m0/s1. The van der Waals surface area contributed by atoms with Crippen molar-refractivity contribution in [3.05, 3.63) is 36.5 Å². The van der Waals surface area contributed by atoms with Crippen molar-refractivity contribution in [1.82, 2.24) is 4.98 Å². The van der Waals surface area contributed by atoms with E-state index in [1.807, 2.05) is 37.3 Å². The zero-order chi connectivity index (χ0) is 18.5. The maximum absolute atomic E-state index is 6.18. The zero-order valence-corrected chi connectivity index (χ0v) is 15.8. The lowest BCUT2D eigenvalue weighted by atomic mass is 9.99. The Bertz CT molecular complexity index is 704. The number of pyridine rings is 1. The highest BCUT2D eigenvalue weighted by Gasteiger charge is 2.47. The van der Waals surface area contributed by atoms with Crippen LogP contribution in [0.5, 0.6) is 5.75 Å². The smallest absolute Gasteiger partial charge is 0.229 e. The lowest BCUT2D eigenvalue weighted by Crippen LogP contribution is -2.60. The summed E-state index contributed by atoms with van der Waals surface area (Å²) in [5.74, 6) is 0.658. The summed E-state index contributed by atoms with van der Waals surface area (Å²) in [7, 11) is 3.29. The summed E-state index contributed by atoms with van der Waals surface area (Å²) < 4.78 is 29.6.